The van der Waals surface area contributed by atoms with E-state index in [0.29, 0.717) is 4.31 Å². The summed E-state index contributed by atoms with van der Waals surface area (Å²) >= 11 is 0. The Kier molecular flexibility index (Phi) is 6.89. The van der Waals surface area contributed by atoms with E-state index >= 15 is 0 Å². The summed E-state index contributed by atoms with van der Waals surface area (Å²) in [5, 5.41) is 2.44. The van der Waals surface area contributed by atoms with Crippen LogP contribution in [0.2, 0.25) is 0 Å². The first-order valence-electron chi connectivity index (χ1n) is 8.63. The highest BCUT2D eigenvalue weighted by molar-refractivity contribution is 7.92. The number of para-hydroxylation sites is 1. The summed E-state index contributed by atoms with van der Waals surface area (Å²) in [7, 11) is -4.02. The molecule has 0 fully saturated rings. The molecule has 0 saturated carbocycles. The first kappa shape index (κ1) is 22.7. The van der Waals surface area contributed by atoms with Gasteiger partial charge in [0.25, 0.3) is 0 Å². The number of halogens is 4. The number of nitrogens with zero attached hydrogens (tertiary/aromatic N) is 1. The number of carbonyl (C=O) groups is 1. The van der Waals surface area contributed by atoms with E-state index in [9.17, 15) is 30.8 Å². The summed E-state index contributed by atoms with van der Waals surface area (Å²) in [4.78, 5) is 12.6. The molecule has 0 bridgehead atoms. The lowest BCUT2D eigenvalue weighted by Gasteiger charge is -2.30. The summed E-state index contributed by atoms with van der Waals surface area (Å²) in [6.45, 7) is 1.31. The minimum absolute atomic E-state index is 0.0236. The van der Waals surface area contributed by atoms with Crippen LogP contribution in [-0.2, 0) is 27.5 Å². The van der Waals surface area contributed by atoms with Crippen LogP contribution in [0.25, 0.3) is 0 Å². The summed E-state index contributed by atoms with van der Waals surface area (Å²) < 4.78 is 77.9. The van der Waals surface area contributed by atoms with Gasteiger partial charge in [0.15, 0.2) is 0 Å². The number of nitrogens with one attached hydrogen (secondary N) is 1. The monoisotopic (exact) mass is 432 g/mol. The van der Waals surface area contributed by atoms with E-state index in [1.165, 1.54) is 30.3 Å². The molecule has 0 aliphatic carbocycles. The third kappa shape index (κ3) is 5.69. The molecular weight excluding hydrogens is 412 g/mol. The van der Waals surface area contributed by atoms with Gasteiger partial charge in [-0.3, -0.25) is 9.10 Å². The SMILES string of the molecule is CCC(C(=O)NCc1cccc(C(F)(F)F)c1)N(c1ccccc1F)S(C)(=O)=O. The fraction of sp³-hybridized carbons (Fsp3) is 0.316. The molecule has 29 heavy (non-hydrogen) atoms. The number of hydrogen-bond acceptors (Lipinski definition) is 3. The van der Waals surface area contributed by atoms with E-state index in [-0.39, 0.29) is 24.2 Å². The molecule has 0 aliphatic heterocycles. The fourth-order valence-electron chi connectivity index (χ4n) is 2.83. The van der Waals surface area contributed by atoms with Crippen LogP contribution in [-0.4, -0.2) is 26.6 Å². The van der Waals surface area contributed by atoms with Crippen molar-refractivity contribution >= 4 is 21.6 Å². The lowest BCUT2D eigenvalue weighted by Crippen LogP contribution is -2.49. The van der Waals surface area contributed by atoms with Crippen molar-refractivity contribution in [3.8, 4) is 0 Å². The Morgan fingerprint density at radius 2 is 1.79 bits per heavy atom. The molecule has 1 N–H and O–H groups in total. The molecule has 0 spiro atoms. The topological polar surface area (TPSA) is 66.5 Å². The fourth-order valence-corrected chi connectivity index (χ4v) is 4.04. The van der Waals surface area contributed by atoms with Crippen LogP contribution in [0.5, 0.6) is 0 Å². The van der Waals surface area contributed by atoms with Gasteiger partial charge in [0.05, 0.1) is 17.5 Å². The average Bonchev–Trinajstić information content (AvgIpc) is 2.63. The molecule has 0 radical (unpaired) electrons. The summed E-state index contributed by atoms with van der Waals surface area (Å²) in [5.74, 6) is -1.57. The van der Waals surface area contributed by atoms with Crippen molar-refractivity contribution in [1.29, 1.82) is 0 Å². The minimum Gasteiger partial charge on any atom is -0.350 e. The maximum atomic E-state index is 14.2. The Balaban J connectivity index is 2.26. The third-order valence-corrected chi connectivity index (χ3v) is 5.31. The third-order valence-electron chi connectivity index (χ3n) is 4.14. The number of sulfonamides is 1. The van der Waals surface area contributed by atoms with Crippen molar-refractivity contribution in [2.45, 2.75) is 32.1 Å². The molecule has 1 amide bonds. The maximum absolute atomic E-state index is 14.2. The average molecular weight is 432 g/mol. The van der Waals surface area contributed by atoms with Crippen molar-refractivity contribution in [1.82, 2.24) is 5.32 Å². The van der Waals surface area contributed by atoms with Crippen molar-refractivity contribution in [2.24, 2.45) is 0 Å². The van der Waals surface area contributed by atoms with E-state index in [0.717, 1.165) is 24.5 Å². The highest BCUT2D eigenvalue weighted by Gasteiger charge is 2.33. The molecule has 1 unspecified atom stereocenters. The van der Waals surface area contributed by atoms with Crippen LogP contribution >= 0.6 is 0 Å². The Bertz CT molecular complexity index is 977. The molecule has 1 atom stereocenters. The van der Waals surface area contributed by atoms with Gasteiger partial charge in [0.2, 0.25) is 15.9 Å². The van der Waals surface area contributed by atoms with E-state index in [4.69, 9.17) is 0 Å². The lowest BCUT2D eigenvalue weighted by atomic mass is 10.1. The molecule has 2 rings (SSSR count). The number of benzene rings is 2. The van der Waals surface area contributed by atoms with Crippen LogP contribution in [0.4, 0.5) is 23.2 Å². The molecule has 2 aromatic carbocycles. The second-order valence-electron chi connectivity index (χ2n) is 6.35. The molecule has 0 saturated heterocycles. The van der Waals surface area contributed by atoms with Gasteiger partial charge in [-0.25, -0.2) is 12.8 Å². The van der Waals surface area contributed by atoms with Crippen molar-refractivity contribution in [2.75, 3.05) is 10.6 Å². The second-order valence-corrected chi connectivity index (χ2v) is 8.21. The highest BCUT2D eigenvalue weighted by atomic mass is 32.2. The summed E-state index contributed by atoms with van der Waals surface area (Å²) in [5.41, 5.74) is -0.948. The van der Waals surface area contributed by atoms with Crippen molar-refractivity contribution < 1.29 is 30.8 Å². The van der Waals surface area contributed by atoms with Crippen LogP contribution in [0.1, 0.15) is 24.5 Å². The lowest BCUT2D eigenvalue weighted by molar-refractivity contribution is -0.137. The van der Waals surface area contributed by atoms with E-state index in [1.807, 2.05) is 0 Å². The van der Waals surface area contributed by atoms with Gasteiger partial charge in [-0.15, -0.1) is 0 Å². The first-order chi connectivity index (χ1) is 13.4. The Labute approximate surface area is 166 Å². The Morgan fingerprint density at radius 3 is 2.34 bits per heavy atom. The van der Waals surface area contributed by atoms with Gasteiger partial charge in [0, 0.05) is 6.54 Å². The van der Waals surface area contributed by atoms with E-state index < -0.39 is 39.5 Å². The van der Waals surface area contributed by atoms with Gasteiger partial charge in [-0.05, 0) is 36.2 Å². The van der Waals surface area contributed by atoms with Crippen LogP contribution in [0, 0.1) is 5.82 Å². The van der Waals surface area contributed by atoms with Gasteiger partial charge >= 0.3 is 6.18 Å². The predicted molar refractivity (Wildman–Crippen MR) is 101 cm³/mol. The largest absolute Gasteiger partial charge is 0.416 e. The zero-order chi connectivity index (χ0) is 21.8. The number of rotatable bonds is 7. The number of carbonyl (C=O) groups excluding carboxylic acids is 1. The predicted octanol–water partition coefficient (Wildman–Crippen LogP) is 3.71. The Morgan fingerprint density at radius 1 is 1.14 bits per heavy atom. The quantitative estimate of drug-likeness (QED) is 0.679. The van der Waals surface area contributed by atoms with Crippen LogP contribution in [0.15, 0.2) is 48.5 Å². The molecule has 0 aromatic heterocycles. The second kappa shape index (κ2) is 8.81. The number of hydrogen-bond donors (Lipinski definition) is 1. The van der Waals surface area contributed by atoms with Gasteiger partial charge < -0.3 is 5.32 Å². The van der Waals surface area contributed by atoms with Crippen LogP contribution < -0.4 is 9.62 Å². The molecule has 158 valence electrons. The first-order valence-corrected chi connectivity index (χ1v) is 10.5. The molecule has 10 heteroatoms. The molecule has 0 aliphatic rings. The zero-order valence-corrected chi connectivity index (χ0v) is 16.5. The van der Waals surface area contributed by atoms with Gasteiger partial charge in [0.1, 0.15) is 11.9 Å². The zero-order valence-electron chi connectivity index (χ0n) is 15.7. The smallest absolute Gasteiger partial charge is 0.350 e. The normalized spacial score (nSPS) is 13.0. The van der Waals surface area contributed by atoms with E-state index in [1.54, 1.807) is 6.92 Å². The van der Waals surface area contributed by atoms with Gasteiger partial charge in [-0.2, -0.15) is 13.2 Å². The molecular formula is C19H20F4N2O3S. The van der Waals surface area contributed by atoms with Crippen LogP contribution in [0.3, 0.4) is 0 Å². The highest BCUT2D eigenvalue weighted by Crippen LogP contribution is 2.29. The summed E-state index contributed by atoms with van der Waals surface area (Å²) in [6, 6.07) is 8.27. The molecule has 0 heterocycles. The standard InChI is InChI=1S/C19H20F4N2O3S/c1-3-16(25(29(2,27)28)17-10-5-4-9-15(17)20)18(26)24-12-13-7-6-8-14(11-13)19(21,22)23/h4-11,16H,3,12H2,1-2H3,(H,24,26). The van der Waals surface area contributed by atoms with Crippen molar-refractivity contribution in [3.05, 3.63) is 65.5 Å². The molecule has 2 aromatic rings. The number of alkyl halides is 3. The summed E-state index contributed by atoms with van der Waals surface area (Å²) in [6.07, 6.45) is -3.65. The minimum atomic E-state index is -4.52. The van der Waals surface area contributed by atoms with Crippen molar-refractivity contribution in [3.63, 3.8) is 0 Å². The number of amides is 1. The number of anilines is 1. The Hall–Kier alpha value is -2.62. The maximum Gasteiger partial charge on any atom is 0.416 e. The molecule has 5 nitrogen and oxygen atoms in total. The van der Waals surface area contributed by atoms with Gasteiger partial charge in [-0.1, -0.05) is 31.2 Å². The van der Waals surface area contributed by atoms with E-state index in [2.05, 4.69) is 5.32 Å².